The molecule has 0 unspecified atom stereocenters. The molecule has 0 aliphatic carbocycles. The molecule has 0 aliphatic rings. The van der Waals surface area contributed by atoms with E-state index in [2.05, 4.69) is 4.98 Å². The van der Waals surface area contributed by atoms with Crippen LogP contribution in [-0.4, -0.2) is 22.1 Å². The van der Waals surface area contributed by atoms with Crippen molar-refractivity contribution in [3.05, 3.63) is 64.5 Å². The van der Waals surface area contributed by atoms with Crippen molar-refractivity contribution in [2.75, 3.05) is 6.61 Å². The first-order valence-electron chi connectivity index (χ1n) is 6.93. The summed E-state index contributed by atoms with van der Waals surface area (Å²) in [6.45, 7) is 0.407. The second-order valence-corrected chi connectivity index (χ2v) is 6.24. The zero-order valence-corrected chi connectivity index (χ0v) is 13.7. The van der Waals surface area contributed by atoms with Crippen LogP contribution >= 0.6 is 22.9 Å². The van der Waals surface area contributed by atoms with E-state index in [1.54, 1.807) is 29.4 Å². The normalized spacial score (nSPS) is 10.7. The van der Waals surface area contributed by atoms with Gasteiger partial charge in [0.1, 0.15) is 15.6 Å². The van der Waals surface area contributed by atoms with Crippen LogP contribution < -0.4 is 10.5 Å². The Labute approximate surface area is 142 Å². The number of carbonyl (C=O) groups is 1. The van der Waals surface area contributed by atoms with Crippen LogP contribution in [0.15, 0.2) is 49.1 Å². The number of thiophene rings is 1. The molecule has 0 radical (unpaired) electrons. The zero-order chi connectivity index (χ0) is 16.2. The maximum atomic E-state index is 11.6. The SMILES string of the molecule is NC(=O)c1sc(-n2ccnc2)cc1OCCc1ccccc1Cl. The minimum atomic E-state index is -0.505. The highest BCUT2D eigenvalue weighted by Crippen LogP contribution is 2.32. The molecule has 0 saturated heterocycles. The van der Waals surface area contributed by atoms with Gasteiger partial charge >= 0.3 is 0 Å². The Morgan fingerprint density at radius 2 is 2.22 bits per heavy atom. The van der Waals surface area contributed by atoms with Crippen LogP contribution in [0.1, 0.15) is 15.2 Å². The third-order valence-electron chi connectivity index (χ3n) is 3.25. The van der Waals surface area contributed by atoms with Crippen molar-refractivity contribution < 1.29 is 9.53 Å². The van der Waals surface area contributed by atoms with E-state index in [-0.39, 0.29) is 0 Å². The van der Waals surface area contributed by atoms with Gasteiger partial charge in [-0.3, -0.25) is 9.36 Å². The molecule has 7 heteroatoms. The second-order valence-electron chi connectivity index (χ2n) is 4.80. The van der Waals surface area contributed by atoms with Crippen molar-refractivity contribution in [2.45, 2.75) is 6.42 Å². The highest BCUT2D eigenvalue weighted by atomic mass is 35.5. The van der Waals surface area contributed by atoms with Crippen LogP contribution in [0.4, 0.5) is 0 Å². The monoisotopic (exact) mass is 347 g/mol. The summed E-state index contributed by atoms with van der Waals surface area (Å²) in [6, 6.07) is 9.39. The standard InChI is InChI=1S/C16H14ClN3O2S/c17-12-4-2-1-3-11(12)5-8-22-13-9-14(20-7-6-19-10-20)23-15(13)16(18)21/h1-4,6-7,9-10H,5,8H2,(H2,18,21). The number of carbonyl (C=O) groups excluding carboxylic acids is 1. The van der Waals surface area contributed by atoms with Gasteiger partial charge in [-0.15, -0.1) is 11.3 Å². The number of rotatable bonds is 6. The zero-order valence-electron chi connectivity index (χ0n) is 12.1. The Morgan fingerprint density at radius 3 is 2.91 bits per heavy atom. The number of amides is 1. The van der Waals surface area contributed by atoms with Crippen LogP contribution in [0.3, 0.4) is 0 Å². The van der Waals surface area contributed by atoms with Crippen molar-refractivity contribution in [1.82, 2.24) is 9.55 Å². The molecule has 1 amide bonds. The van der Waals surface area contributed by atoms with E-state index in [9.17, 15) is 4.79 Å². The van der Waals surface area contributed by atoms with Crippen molar-refractivity contribution in [3.63, 3.8) is 0 Å². The first-order valence-corrected chi connectivity index (χ1v) is 8.13. The van der Waals surface area contributed by atoms with Crippen LogP contribution in [0.2, 0.25) is 5.02 Å². The molecule has 23 heavy (non-hydrogen) atoms. The Morgan fingerprint density at radius 1 is 1.39 bits per heavy atom. The number of aromatic nitrogens is 2. The van der Waals surface area contributed by atoms with Crippen molar-refractivity contribution >= 4 is 28.8 Å². The van der Waals surface area contributed by atoms with Gasteiger partial charge in [-0.1, -0.05) is 29.8 Å². The predicted octanol–water partition coefficient (Wildman–Crippen LogP) is 3.31. The lowest BCUT2D eigenvalue weighted by atomic mass is 10.2. The first kappa shape index (κ1) is 15.6. The number of nitrogens with zero attached hydrogens (tertiary/aromatic N) is 2. The highest BCUT2D eigenvalue weighted by Gasteiger charge is 2.16. The molecule has 1 aromatic carbocycles. The molecule has 3 aromatic rings. The number of benzene rings is 1. The summed E-state index contributed by atoms with van der Waals surface area (Å²) >= 11 is 7.39. The third-order valence-corrected chi connectivity index (χ3v) is 4.77. The summed E-state index contributed by atoms with van der Waals surface area (Å²) < 4.78 is 7.56. The molecule has 5 nitrogen and oxygen atoms in total. The van der Waals surface area contributed by atoms with Gasteiger partial charge in [-0.25, -0.2) is 4.98 Å². The molecule has 0 bridgehead atoms. The second kappa shape index (κ2) is 6.85. The minimum absolute atomic E-state index is 0.396. The van der Waals surface area contributed by atoms with E-state index in [1.807, 2.05) is 24.3 Å². The number of ether oxygens (including phenoxy) is 1. The van der Waals surface area contributed by atoms with Crippen molar-refractivity contribution in [1.29, 1.82) is 0 Å². The molecule has 2 heterocycles. The highest BCUT2D eigenvalue weighted by molar-refractivity contribution is 7.16. The first-order chi connectivity index (χ1) is 11.1. The van der Waals surface area contributed by atoms with Crippen LogP contribution in [0.25, 0.3) is 5.00 Å². The molecule has 0 aliphatic heterocycles. The summed E-state index contributed by atoms with van der Waals surface area (Å²) in [7, 11) is 0. The number of hydrogen-bond donors (Lipinski definition) is 1. The van der Waals surface area contributed by atoms with E-state index >= 15 is 0 Å². The van der Waals surface area contributed by atoms with Gasteiger partial charge in [0.05, 0.1) is 12.9 Å². The molecule has 0 atom stereocenters. The van der Waals surface area contributed by atoms with E-state index in [0.29, 0.717) is 28.7 Å². The Hall–Kier alpha value is -2.31. The van der Waals surface area contributed by atoms with Gasteiger partial charge in [0.2, 0.25) is 0 Å². The third kappa shape index (κ3) is 3.55. The Kier molecular flexibility index (Phi) is 4.64. The lowest BCUT2D eigenvalue weighted by molar-refractivity contribution is 0.100. The fourth-order valence-corrected chi connectivity index (χ4v) is 3.27. The minimum Gasteiger partial charge on any atom is -0.491 e. The van der Waals surface area contributed by atoms with E-state index in [1.165, 1.54) is 11.3 Å². The Balaban J connectivity index is 1.74. The largest absolute Gasteiger partial charge is 0.491 e. The predicted molar refractivity (Wildman–Crippen MR) is 90.6 cm³/mol. The van der Waals surface area contributed by atoms with Crippen LogP contribution in [0.5, 0.6) is 5.75 Å². The summed E-state index contributed by atoms with van der Waals surface area (Å²) in [6.07, 6.45) is 5.77. The smallest absolute Gasteiger partial charge is 0.262 e. The molecule has 0 fully saturated rings. The molecule has 0 saturated carbocycles. The maximum Gasteiger partial charge on any atom is 0.262 e. The van der Waals surface area contributed by atoms with Crippen molar-refractivity contribution in [3.8, 4) is 10.8 Å². The topological polar surface area (TPSA) is 70.1 Å². The van der Waals surface area contributed by atoms with Gasteiger partial charge < -0.3 is 10.5 Å². The number of hydrogen-bond acceptors (Lipinski definition) is 4. The number of primary amides is 1. The molecular formula is C16H14ClN3O2S. The van der Waals surface area contributed by atoms with Gasteiger partial charge in [-0.05, 0) is 11.6 Å². The quantitative estimate of drug-likeness (QED) is 0.743. The molecule has 0 spiro atoms. The fourth-order valence-electron chi connectivity index (χ4n) is 2.13. The number of nitrogens with two attached hydrogens (primary N) is 1. The fraction of sp³-hybridized carbons (Fsp3) is 0.125. The van der Waals surface area contributed by atoms with Crippen molar-refractivity contribution in [2.24, 2.45) is 5.73 Å². The summed E-state index contributed by atoms with van der Waals surface area (Å²) in [4.78, 5) is 16.0. The summed E-state index contributed by atoms with van der Waals surface area (Å²) in [5.41, 5.74) is 6.43. The number of halogens is 1. The summed E-state index contributed by atoms with van der Waals surface area (Å²) in [5.74, 6) is -0.0210. The lowest BCUT2D eigenvalue weighted by Gasteiger charge is -2.07. The average Bonchev–Trinajstić information content (AvgIpc) is 3.18. The van der Waals surface area contributed by atoms with E-state index in [0.717, 1.165) is 10.6 Å². The van der Waals surface area contributed by atoms with Crippen LogP contribution in [-0.2, 0) is 6.42 Å². The van der Waals surface area contributed by atoms with Gasteiger partial charge in [0.25, 0.3) is 5.91 Å². The van der Waals surface area contributed by atoms with Gasteiger partial charge in [-0.2, -0.15) is 0 Å². The van der Waals surface area contributed by atoms with E-state index < -0.39 is 5.91 Å². The van der Waals surface area contributed by atoms with Gasteiger partial charge in [0, 0.05) is 29.9 Å². The molecule has 2 aromatic heterocycles. The molecular weight excluding hydrogens is 334 g/mol. The van der Waals surface area contributed by atoms with Crippen LogP contribution in [0, 0.1) is 0 Å². The molecule has 118 valence electrons. The maximum absolute atomic E-state index is 11.6. The molecule has 2 N–H and O–H groups in total. The average molecular weight is 348 g/mol. The Bertz CT molecular complexity index is 815. The van der Waals surface area contributed by atoms with E-state index in [4.69, 9.17) is 22.1 Å². The number of imidazole rings is 1. The lowest BCUT2D eigenvalue weighted by Crippen LogP contribution is -2.11. The van der Waals surface area contributed by atoms with Gasteiger partial charge in [0.15, 0.2) is 0 Å². The molecule has 3 rings (SSSR count). The summed E-state index contributed by atoms with van der Waals surface area (Å²) in [5, 5.41) is 1.53.